The number of alkyl halides is 3. The second-order valence-electron chi connectivity index (χ2n) is 4.76. The van der Waals surface area contributed by atoms with E-state index >= 15 is 0 Å². The van der Waals surface area contributed by atoms with Gasteiger partial charge in [0.05, 0.1) is 22.3 Å². The third-order valence-electron chi connectivity index (χ3n) is 3.07. The van der Waals surface area contributed by atoms with Crippen LogP contribution in [0.2, 0.25) is 0 Å². The van der Waals surface area contributed by atoms with Crippen LogP contribution in [0.1, 0.15) is 36.6 Å². The van der Waals surface area contributed by atoms with Gasteiger partial charge in [-0.25, -0.2) is 14.4 Å². The molecule has 0 amide bonds. The Kier molecular flexibility index (Phi) is 4.77. The Morgan fingerprint density at radius 1 is 0.880 bits per heavy atom. The normalized spacial score (nSPS) is 11.0. The summed E-state index contributed by atoms with van der Waals surface area (Å²) in [6.07, 6.45) is -5.21. The van der Waals surface area contributed by atoms with E-state index < -0.39 is 46.3 Å². The van der Waals surface area contributed by atoms with Gasteiger partial charge in [-0.1, -0.05) is 18.2 Å². The van der Waals surface area contributed by atoms with Crippen molar-refractivity contribution in [2.24, 2.45) is 0 Å². The van der Waals surface area contributed by atoms with E-state index in [1.54, 1.807) is 6.07 Å². The topological polar surface area (TPSA) is 101 Å². The van der Waals surface area contributed by atoms with E-state index in [4.69, 9.17) is 14.9 Å². The molecule has 2 aromatic rings. The molecule has 0 spiro atoms. The maximum atomic E-state index is 13.3. The summed E-state index contributed by atoms with van der Waals surface area (Å²) in [4.78, 5) is 34.3. The van der Waals surface area contributed by atoms with Gasteiger partial charge in [-0.3, -0.25) is 0 Å². The molecule has 0 aliphatic rings. The molecule has 2 aromatic carbocycles. The first-order valence-electron chi connectivity index (χ1n) is 6.60. The zero-order valence-corrected chi connectivity index (χ0v) is 12.2. The average Bonchev–Trinajstić information content (AvgIpc) is 2.53. The first kappa shape index (κ1) is 18.0. The molecule has 130 valence electrons. The molecule has 0 saturated heterocycles. The van der Waals surface area contributed by atoms with Gasteiger partial charge in [0.1, 0.15) is 5.75 Å². The Balaban J connectivity index is 2.66. The number of rotatable bonds is 4. The van der Waals surface area contributed by atoms with Gasteiger partial charge < -0.3 is 14.9 Å². The van der Waals surface area contributed by atoms with Crippen LogP contribution in [0.3, 0.4) is 0 Å². The van der Waals surface area contributed by atoms with Gasteiger partial charge in [0.15, 0.2) is 0 Å². The van der Waals surface area contributed by atoms with Crippen LogP contribution in [0, 0.1) is 0 Å². The zero-order valence-electron chi connectivity index (χ0n) is 12.2. The van der Waals surface area contributed by atoms with Crippen molar-refractivity contribution in [1.82, 2.24) is 0 Å². The smallest absolute Gasteiger partial charge is 0.418 e. The van der Waals surface area contributed by atoms with E-state index in [0.717, 1.165) is 0 Å². The van der Waals surface area contributed by atoms with Crippen LogP contribution in [-0.2, 0) is 6.18 Å². The number of ether oxygens (including phenoxy) is 1. The van der Waals surface area contributed by atoms with Crippen molar-refractivity contribution in [3.8, 4) is 5.75 Å². The van der Waals surface area contributed by atoms with Gasteiger partial charge in [0.2, 0.25) is 0 Å². The predicted octanol–water partition coefficient (Wildman–Crippen LogP) is 3.32. The van der Waals surface area contributed by atoms with Crippen LogP contribution in [0.5, 0.6) is 5.75 Å². The Bertz CT molecular complexity index is 843. The van der Waals surface area contributed by atoms with Gasteiger partial charge in [-0.2, -0.15) is 13.2 Å². The summed E-state index contributed by atoms with van der Waals surface area (Å²) in [7, 11) is 0. The van der Waals surface area contributed by atoms with Crippen LogP contribution < -0.4 is 4.74 Å². The Hall–Kier alpha value is -3.36. The highest BCUT2D eigenvalue weighted by Crippen LogP contribution is 2.36. The number of aromatic carboxylic acids is 2. The number of benzene rings is 2. The third-order valence-corrected chi connectivity index (χ3v) is 3.07. The third kappa shape index (κ3) is 3.94. The molecule has 0 aromatic heterocycles. The van der Waals surface area contributed by atoms with Gasteiger partial charge in [-0.15, -0.1) is 0 Å². The summed E-state index contributed by atoms with van der Waals surface area (Å²) in [6, 6.07) is 7.86. The molecule has 2 rings (SSSR count). The van der Waals surface area contributed by atoms with Crippen molar-refractivity contribution in [3.63, 3.8) is 0 Å². The maximum Gasteiger partial charge on any atom is 0.418 e. The lowest BCUT2D eigenvalue weighted by Gasteiger charge is -2.16. The molecule has 0 unspecified atom stereocenters. The monoisotopic (exact) mass is 354 g/mol. The van der Waals surface area contributed by atoms with E-state index in [2.05, 4.69) is 0 Å². The fraction of sp³-hybridized carbons (Fsp3) is 0.0625. The summed E-state index contributed by atoms with van der Waals surface area (Å²) >= 11 is 0. The van der Waals surface area contributed by atoms with Crippen molar-refractivity contribution in [2.45, 2.75) is 6.18 Å². The highest BCUT2D eigenvalue weighted by atomic mass is 19.4. The molecule has 0 atom stereocenters. The molecule has 0 bridgehead atoms. The first-order chi connectivity index (χ1) is 11.6. The quantitative estimate of drug-likeness (QED) is 0.645. The van der Waals surface area contributed by atoms with Gasteiger partial charge in [-0.05, 0) is 24.3 Å². The number of hydrogen-bond acceptors (Lipinski definition) is 4. The molecule has 25 heavy (non-hydrogen) atoms. The van der Waals surface area contributed by atoms with E-state index in [1.165, 1.54) is 24.3 Å². The van der Waals surface area contributed by atoms with Crippen molar-refractivity contribution in [3.05, 3.63) is 64.7 Å². The summed E-state index contributed by atoms with van der Waals surface area (Å²) < 4.78 is 44.6. The number of carbonyl (C=O) groups is 3. The molecule has 0 heterocycles. The second-order valence-corrected chi connectivity index (χ2v) is 4.76. The Morgan fingerprint density at radius 3 is 1.92 bits per heavy atom. The minimum atomic E-state index is -5.21. The van der Waals surface area contributed by atoms with Crippen molar-refractivity contribution in [2.75, 3.05) is 0 Å². The maximum absolute atomic E-state index is 13.3. The van der Waals surface area contributed by atoms with Crippen molar-refractivity contribution in [1.29, 1.82) is 0 Å². The molecular weight excluding hydrogens is 345 g/mol. The average molecular weight is 354 g/mol. The molecule has 6 nitrogen and oxygen atoms in total. The minimum Gasteiger partial charge on any atom is -0.478 e. The lowest BCUT2D eigenvalue weighted by Crippen LogP contribution is -2.22. The molecule has 0 aliphatic carbocycles. The van der Waals surface area contributed by atoms with Gasteiger partial charge >= 0.3 is 24.1 Å². The van der Waals surface area contributed by atoms with E-state index in [9.17, 15) is 27.6 Å². The fourth-order valence-electron chi connectivity index (χ4n) is 2.05. The number of carboxylic acids is 2. The highest BCUT2D eigenvalue weighted by Gasteiger charge is 2.41. The summed E-state index contributed by atoms with van der Waals surface area (Å²) in [5.74, 6) is -5.32. The van der Waals surface area contributed by atoms with Crippen molar-refractivity contribution >= 4 is 17.9 Å². The van der Waals surface area contributed by atoms with Crippen molar-refractivity contribution < 1.29 is 42.5 Å². The van der Waals surface area contributed by atoms with E-state index in [-0.39, 0.29) is 5.75 Å². The number of hydrogen-bond donors (Lipinski definition) is 2. The number of carbonyl (C=O) groups excluding carboxylic acids is 1. The largest absolute Gasteiger partial charge is 0.478 e. The molecule has 0 aliphatic heterocycles. The van der Waals surface area contributed by atoms with Gasteiger partial charge in [0, 0.05) is 0 Å². The van der Waals surface area contributed by atoms with Crippen LogP contribution in [0.25, 0.3) is 0 Å². The molecule has 9 heteroatoms. The van der Waals surface area contributed by atoms with Crippen LogP contribution in [0.15, 0.2) is 42.5 Å². The number of esters is 1. The number of carboxylic acid groups (broad SMARTS) is 2. The highest BCUT2D eigenvalue weighted by molar-refractivity contribution is 6.02. The molecule has 0 fully saturated rings. The Labute approximate surface area is 138 Å². The van der Waals surface area contributed by atoms with E-state index in [0.29, 0.717) is 12.1 Å². The first-order valence-corrected chi connectivity index (χ1v) is 6.60. The molecule has 2 N–H and O–H groups in total. The predicted molar refractivity (Wildman–Crippen MR) is 76.8 cm³/mol. The second kappa shape index (κ2) is 6.63. The molecule has 0 saturated carbocycles. The number of halogens is 3. The lowest BCUT2D eigenvalue weighted by atomic mass is 9.96. The van der Waals surface area contributed by atoms with Crippen LogP contribution >= 0.6 is 0 Å². The Morgan fingerprint density at radius 2 is 1.44 bits per heavy atom. The van der Waals surface area contributed by atoms with Crippen LogP contribution in [-0.4, -0.2) is 28.1 Å². The summed E-state index contributed by atoms with van der Waals surface area (Å²) in [6.45, 7) is 0. The molecular formula is C16H9F3O6. The zero-order chi connectivity index (χ0) is 18.8. The van der Waals surface area contributed by atoms with Gasteiger partial charge in [0.25, 0.3) is 0 Å². The number of para-hydroxylation sites is 1. The molecule has 0 radical (unpaired) electrons. The fourth-order valence-corrected chi connectivity index (χ4v) is 2.05. The van der Waals surface area contributed by atoms with Crippen LogP contribution in [0.4, 0.5) is 13.2 Å². The standard InChI is InChI=1S/C16H9F3O6/c17-16(18,19)12-10(14(22)23)6-8(13(20)21)7-11(12)15(24)25-9-4-2-1-3-5-9/h1-7H,(H,20,21)(H,22,23). The SMILES string of the molecule is O=C(O)c1cc(C(=O)O)c(C(F)(F)F)c(C(=O)Oc2ccccc2)c1. The lowest BCUT2D eigenvalue weighted by molar-refractivity contribution is -0.138. The minimum absolute atomic E-state index is 0.0850. The summed E-state index contributed by atoms with van der Waals surface area (Å²) in [5.41, 5.74) is -5.11. The summed E-state index contributed by atoms with van der Waals surface area (Å²) in [5, 5.41) is 17.9. The van der Waals surface area contributed by atoms with E-state index in [1.807, 2.05) is 0 Å².